The zero-order valence-corrected chi connectivity index (χ0v) is 18.5. The summed E-state index contributed by atoms with van der Waals surface area (Å²) < 4.78 is 14.9. The molecule has 0 saturated heterocycles. The molecular formula is C25H15Cl2FN4O. The molecule has 1 aromatic heterocycles. The Bertz CT molecular complexity index is 1500. The summed E-state index contributed by atoms with van der Waals surface area (Å²) in [6.45, 7) is 0. The Morgan fingerprint density at radius 1 is 0.848 bits per heavy atom. The minimum Gasteiger partial charge on any atom is -0.319 e. The van der Waals surface area contributed by atoms with Crippen LogP contribution >= 0.6 is 23.2 Å². The summed E-state index contributed by atoms with van der Waals surface area (Å²) in [6, 6.07) is 24.2. The Kier molecular flexibility index (Phi) is 5.54. The van der Waals surface area contributed by atoms with Crippen molar-refractivity contribution in [3.63, 3.8) is 0 Å². The van der Waals surface area contributed by atoms with E-state index >= 15 is 0 Å². The standard InChI is InChI=1S/C25H15Cl2FN4O/c26-21-12-11-20(14-22(21)27)32-24(16-5-8-18(28)9-6-16)30-23(31-32)25(33)29-19-10-7-15-3-1-2-4-17(15)13-19/h1-14H,(H,29,33). The van der Waals surface area contributed by atoms with Crippen LogP contribution in [0.15, 0.2) is 84.9 Å². The highest BCUT2D eigenvalue weighted by molar-refractivity contribution is 6.42. The maximum absolute atomic E-state index is 13.5. The minimum atomic E-state index is -0.479. The van der Waals surface area contributed by atoms with Gasteiger partial charge in [0.15, 0.2) is 5.82 Å². The minimum absolute atomic E-state index is 0.0476. The molecule has 0 spiro atoms. The summed E-state index contributed by atoms with van der Waals surface area (Å²) in [6.07, 6.45) is 0. The molecule has 5 rings (SSSR count). The van der Waals surface area contributed by atoms with Gasteiger partial charge < -0.3 is 5.32 Å². The lowest BCUT2D eigenvalue weighted by atomic mass is 10.1. The zero-order valence-electron chi connectivity index (χ0n) is 17.0. The topological polar surface area (TPSA) is 59.8 Å². The number of nitrogens with zero attached hydrogens (tertiary/aromatic N) is 3. The molecule has 0 radical (unpaired) electrons. The number of hydrogen-bond donors (Lipinski definition) is 1. The van der Waals surface area contributed by atoms with Crippen molar-refractivity contribution in [1.29, 1.82) is 0 Å². The first-order valence-electron chi connectivity index (χ1n) is 9.96. The Morgan fingerprint density at radius 3 is 2.36 bits per heavy atom. The Labute approximate surface area is 198 Å². The van der Waals surface area contributed by atoms with Crippen LogP contribution < -0.4 is 5.32 Å². The summed E-state index contributed by atoms with van der Waals surface area (Å²) in [7, 11) is 0. The van der Waals surface area contributed by atoms with Crippen LogP contribution in [-0.4, -0.2) is 20.7 Å². The molecule has 0 aliphatic rings. The van der Waals surface area contributed by atoms with Gasteiger partial charge in [-0.15, -0.1) is 5.10 Å². The normalized spacial score (nSPS) is 11.0. The van der Waals surface area contributed by atoms with Crippen LogP contribution in [0.2, 0.25) is 10.0 Å². The second-order valence-corrected chi connectivity index (χ2v) is 8.11. The number of amides is 1. The summed E-state index contributed by atoms with van der Waals surface area (Å²) >= 11 is 12.2. The summed E-state index contributed by atoms with van der Waals surface area (Å²) in [5, 5.41) is 10.0. The predicted molar refractivity (Wildman–Crippen MR) is 129 cm³/mol. The second kappa shape index (κ2) is 8.65. The first-order valence-corrected chi connectivity index (χ1v) is 10.7. The van der Waals surface area contributed by atoms with Gasteiger partial charge in [0, 0.05) is 11.3 Å². The quantitative estimate of drug-likeness (QED) is 0.310. The average Bonchev–Trinajstić information content (AvgIpc) is 3.27. The number of carbonyl (C=O) groups is 1. The molecule has 0 bridgehead atoms. The van der Waals surface area contributed by atoms with Gasteiger partial charge in [0.25, 0.3) is 5.91 Å². The van der Waals surface area contributed by atoms with E-state index in [9.17, 15) is 9.18 Å². The number of benzene rings is 4. The van der Waals surface area contributed by atoms with Gasteiger partial charge in [-0.2, -0.15) is 0 Å². The number of aromatic nitrogens is 3. The molecule has 33 heavy (non-hydrogen) atoms. The highest BCUT2D eigenvalue weighted by Crippen LogP contribution is 2.28. The van der Waals surface area contributed by atoms with E-state index in [2.05, 4.69) is 15.4 Å². The molecule has 1 heterocycles. The van der Waals surface area contributed by atoms with Crippen LogP contribution in [0.5, 0.6) is 0 Å². The van der Waals surface area contributed by atoms with E-state index in [1.807, 2.05) is 42.5 Å². The fraction of sp³-hybridized carbons (Fsp3) is 0. The second-order valence-electron chi connectivity index (χ2n) is 7.29. The number of hydrogen-bond acceptors (Lipinski definition) is 3. The van der Waals surface area contributed by atoms with Crippen molar-refractivity contribution in [2.45, 2.75) is 0 Å². The Hall–Kier alpha value is -3.74. The molecule has 1 amide bonds. The molecule has 0 saturated carbocycles. The van der Waals surface area contributed by atoms with Crippen molar-refractivity contribution >= 4 is 45.6 Å². The van der Waals surface area contributed by atoms with Crippen LogP contribution in [0.3, 0.4) is 0 Å². The lowest BCUT2D eigenvalue weighted by Gasteiger charge is -2.07. The number of nitrogens with one attached hydrogen (secondary N) is 1. The van der Waals surface area contributed by atoms with E-state index in [1.54, 1.807) is 30.3 Å². The smallest absolute Gasteiger partial charge is 0.295 e. The van der Waals surface area contributed by atoms with E-state index in [-0.39, 0.29) is 11.6 Å². The summed E-state index contributed by atoms with van der Waals surface area (Å²) in [5.41, 5.74) is 1.76. The van der Waals surface area contributed by atoms with Crippen LogP contribution in [0, 0.1) is 5.82 Å². The highest BCUT2D eigenvalue weighted by atomic mass is 35.5. The zero-order chi connectivity index (χ0) is 22.9. The van der Waals surface area contributed by atoms with Crippen LogP contribution in [-0.2, 0) is 0 Å². The molecule has 4 aromatic carbocycles. The van der Waals surface area contributed by atoms with Gasteiger partial charge in [0.1, 0.15) is 5.82 Å². The third kappa shape index (κ3) is 4.31. The first-order chi connectivity index (χ1) is 16.0. The SMILES string of the molecule is O=C(Nc1ccc2ccccc2c1)c1nc(-c2ccc(F)cc2)n(-c2ccc(Cl)c(Cl)c2)n1. The average molecular weight is 477 g/mol. The molecule has 162 valence electrons. The van der Waals surface area contributed by atoms with Gasteiger partial charge >= 0.3 is 0 Å². The van der Waals surface area contributed by atoms with Gasteiger partial charge in [-0.25, -0.2) is 14.1 Å². The molecule has 8 heteroatoms. The largest absolute Gasteiger partial charge is 0.319 e. The van der Waals surface area contributed by atoms with Gasteiger partial charge in [0.2, 0.25) is 5.82 Å². The third-order valence-electron chi connectivity index (χ3n) is 5.07. The molecule has 0 unspecified atom stereocenters. The molecule has 5 nitrogen and oxygen atoms in total. The van der Waals surface area contributed by atoms with E-state index in [4.69, 9.17) is 23.2 Å². The molecule has 0 fully saturated rings. The molecule has 0 atom stereocenters. The number of carbonyl (C=O) groups excluding carboxylic acids is 1. The molecular weight excluding hydrogens is 462 g/mol. The van der Waals surface area contributed by atoms with Gasteiger partial charge in [-0.05, 0) is 65.4 Å². The summed E-state index contributed by atoms with van der Waals surface area (Å²) in [5.74, 6) is -0.549. The Balaban J connectivity index is 1.54. The number of halogens is 3. The van der Waals surface area contributed by atoms with Crippen molar-refractivity contribution in [1.82, 2.24) is 14.8 Å². The highest BCUT2D eigenvalue weighted by Gasteiger charge is 2.20. The molecule has 0 aliphatic heterocycles. The van der Waals surface area contributed by atoms with Gasteiger partial charge in [0.05, 0.1) is 15.7 Å². The van der Waals surface area contributed by atoms with Crippen LogP contribution in [0.4, 0.5) is 10.1 Å². The molecule has 0 aliphatic carbocycles. The maximum Gasteiger partial charge on any atom is 0.295 e. The first kappa shape index (κ1) is 21.1. The van der Waals surface area contributed by atoms with Crippen molar-refractivity contribution < 1.29 is 9.18 Å². The van der Waals surface area contributed by atoms with E-state index < -0.39 is 5.91 Å². The third-order valence-corrected chi connectivity index (χ3v) is 5.81. The lowest BCUT2D eigenvalue weighted by Crippen LogP contribution is -2.14. The van der Waals surface area contributed by atoms with Gasteiger partial charge in [-0.1, -0.05) is 53.5 Å². The van der Waals surface area contributed by atoms with Crippen molar-refractivity contribution in [2.24, 2.45) is 0 Å². The monoisotopic (exact) mass is 476 g/mol. The fourth-order valence-corrected chi connectivity index (χ4v) is 3.74. The molecule has 1 N–H and O–H groups in total. The van der Waals surface area contributed by atoms with Crippen molar-refractivity contribution in [2.75, 3.05) is 5.32 Å². The summed E-state index contributed by atoms with van der Waals surface area (Å²) in [4.78, 5) is 17.4. The number of rotatable bonds is 4. The fourth-order valence-electron chi connectivity index (χ4n) is 3.44. The number of anilines is 1. The lowest BCUT2D eigenvalue weighted by molar-refractivity contribution is 0.101. The number of fused-ring (bicyclic) bond motifs is 1. The van der Waals surface area contributed by atoms with E-state index in [0.717, 1.165) is 10.8 Å². The maximum atomic E-state index is 13.5. The predicted octanol–water partition coefficient (Wildman–Crippen LogP) is 6.79. The van der Waals surface area contributed by atoms with Crippen molar-refractivity contribution in [3.05, 3.63) is 107 Å². The van der Waals surface area contributed by atoms with E-state index in [0.29, 0.717) is 32.8 Å². The Morgan fingerprint density at radius 2 is 1.61 bits per heavy atom. The van der Waals surface area contributed by atoms with Crippen LogP contribution in [0.1, 0.15) is 10.6 Å². The van der Waals surface area contributed by atoms with Crippen molar-refractivity contribution in [3.8, 4) is 17.1 Å². The van der Waals surface area contributed by atoms with Crippen LogP contribution in [0.25, 0.3) is 27.8 Å². The van der Waals surface area contributed by atoms with Gasteiger partial charge in [-0.3, -0.25) is 4.79 Å². The van der Waals surface area contributed by atoms with E-state index in [1.165, 1.54) is 16.8 Å². The molecule has 5 aromatic rings.